The van der Waals surface area contributed by atoms with Gasteiger partial charge in [-0.05, 0) is 78.9 Å². The van der Waals surface area contributed by atoms with Crippen molar-refractivity contribution < 1.29 is 4.74 Å². The summed E-state index contributed by atoms with van der Waals surface area (Å²) in [6.07, 6.45) is 10.1. The maximum atomic E-state index is 6.61. The zero-order chi connectivity index (χ0) is 42.0. The van der Waals surface area contributed by atoms with Gasteiger partial charge in [0.05, 0.1) is 41.3 Å². The first kappa shape index (κ1) is 36.5. The summed E-state index contributed by atoms with van der Waals surface area (Å²) >= 11 is 0. The molecule has 10 aromatic rings. The summed E-state index contributed by atoms with van der Waals surface area (Å²) in [5.41, 5.74) is 10.5. The molecule has 0 atom stereocenters. The molecule has 10 heteroatoms. The van der Waals surface area contributed by atoms with E-state index in [0.717, 1.165) is 90.0 Å². The van der Waals surface area contributed by atoms with Crippen molar-refractivity contribution >= 4 is 66.5 Å². The molecule has 0 saturated heterocycles. The molecule has 0 N–H and O–H groups in total. The fourth-order valence-electron chi connectivity index (χ4n) is 9.24. The summed E-state index contributed by atoms with van der Waals surface area (Å²) in [4.78, 5) is 23.7. The highest BCUT2D eigenvalue weighted by atomic mass is 16.5. The van der Waals surface area contributed by atoms with E-state index in [-0.39, 0.29) is 0 Å². The first-order chi connectivity index (χ1) is 31.0. The topological polar surface area (TPSA) is 70.7 Å². The van der Waals surface area contributed by atoms with Crippen LogP contribution in [0, 0.1) is 0 Å². The zero-order valence-corrected chi connectivity index (χ0v) is 34.7. The SMILES string of the molecule is CN1C=C(c2ccc(-n3c4ccccc4c4ccccc43)nc2)N(c2cccc(Oc3cccc(N4CN(C)C=C4c4ccc(-n5c6ccccc6c6cccnc65)nc4)c3)c2)C1. The lowest BCUT2D eigenvalue weighted by molar-refractivity contribution is 0.479. The molecule has 10 nitrogen and oxygen atoms in total. The quantitative estimate of drug-likeness (QED) is 0.150. The van der Waals surface area contributed by atoms with E-state index in [1.807, 2.05) is 42.9 Å². The molecule has 0 radical (unpaired) electrons. The van der Waals surface area contributed by atoms with Gasteiger partial charge >= 0.3 is 0 Å². The highest BCUT2D eigenvalue weighted by molar-refractivity contribution is 6.09. The molecular formula is C53H41N9O. The lowest BCUT2D eigenvalue weighted by Crippen LogP contribution is -2.24. The maximum Gasteiger partial charge on any atom is 0.146 e. The Morgan fingerprint density at radius 2 is 0.921 bits per heavy atom. The van der Waals surface area contributed by atoms with Crippen molar-refractivity contribution in [1.29, 1.82) is 0 Å². The molecule has 0 aliphatic carbocycles. The van der Waals surface area contributed by atoms with E-state index >= 15 is 0 Å². The van der Waals surface area contributed by atoms with Gasteiger partial charge in [0.15, 0.2) is 0 Å². The van der Waals surface area contributed by atoms with Gasteiger partial charge in [-0.15, -0.1) is 0 Å². The van der Waals surface area contributed by atoms with Crippen LogP contribution in [0.1, 0.15) is 11.1 Å². The van der Waals surface area contributed by atoms with Gasteiger partial charge in [-0.3, -0.25) is 9.13 Å². The highest BCUT2D eigenvalue weighted by Crippen LogP contribution is 2.38. The van der Waals surface area contributed by atoms with Crippen LogP contribution < -0.4 is 14.5 Å². The van der Waals surface area contributed by atoms with Gasteiger partial charge in [-0.1, -0.05) is 66.7 Å². The molecular weight excluding hydrogens is 779 g/mol. The molecule has 0 fully saturated rings. The maximum absolute atomic E-state index is 6.61. The van der Waals surface area contributed by atoms with Gasteiger partial charge in [-0.25, -0.2) is 15.0 Å². The van der Waals surface area contributed by atoms with Crippen molar-refractivity contribution in [2.45, 2.75) is 0 Å². The molecule has 5 aromatic carbocycles. The van der Waals surface area contributed by atoms with E-state index in [4.69, 9.17) is 19.7 Å². The number of fused-ring (bicyclic) bond motifs is 6. The number of ether oxygens (including phenoxy) is 1. The molecule has 304 valence electrons. The molecule has 12 rings (SSSR count). The van der Waals surface area contributed by atoms with Crippen molar-refractivity contribution in [1.82, 2.24) is 33.9 Å². The average molecular weight is 820 g/mol. The van der Waals surface area contributed by atoms with Crippen LogP contribution in [0.4, 0.5) is 11.4 Å². The lowest BCUT2D eigenvalue weighted by Gasteiger charge is -2.24. The van der Waals surface area contributed by atoms with Crippen molar-refractivity contribution in [3.8, 4) is 23.1 Å². The number of pyridine rings is 3. The third-order valence-electron chi connectivity index (χ3n) is 12.0. The predicted octanol–water partition coefficient (Wildman–Crippen LogP) is 11.3. The molecule has 7 heterocycles. The third kappa shape index (κ3) is 6.22. The average Bonchev–Trinajstić information content (AvgIpc) is 4.10. The Morgan fingerprint density at radius 3 is 1.44 bits per heavy atom. The highest BCUT2D eigenvalue weighted by Gasteiger charge is 2.25. The summed E-state index contributed by atoms with van der Waals surface area (Å²) in [6.45, 7) is 1.39. The van der Waals surface area contributed by atoms with Crippen molar-refractivity contribution in [2.75, 3.05) is 37.2 Å². The van der Waals surface area contributed by atoms with Gasteiger partial charge in [0, 0.05) is 101 Å². The van der Waals surface area contributed by atoms with E-state index in [0.29, 0.717) is 13.3 Å². The minimum Gasteiger partial charge on any atom is -0.457 e. The molecule has 2 aliphatic rings. The summed E-state index contributed by atoms with van der Waals surface area (Å²) in [7, 11) is 4.18. The van der Waals surface area contributed by atoms with Crippen LogP contribution in [0.3, 0.4) is 0 Å². The van der Waals surface area contributed by atoms with Crippen LogP contribution in [0.5, 0.6) is 11.5 Å². The molecule has 5 aromatic heterocycles. The Kier molecular flexibility index (Phi) is 8.49. The van der Waals surface area contributed by atoms with Gasteiger partial charge in [0.25, 0.3) is 0 Å². The number of aromatic nitrogens is 5. The minimum atomic E-state index is 0.693. The van der Waals surface area contributed by atoms with Crippen LogP contribution in [0.15, 0.2) is 189 Å². The second-order valence-corrected chi connectivity index (χ2v) is 16.2. The van der Waals surface area contributed by atoms with Gasteiger partial charge in [0.1, 0.15) is 28.8 Å². The van der Waals surface area contributed by atoms with Gasteiger partial charge in [-0.2, -0.15) is 0 Å². The second kappa shape index (κ2) is 14.7. The van der Waals surface area contributed by atoms with Crippen LogP contribution in [0.25, 0.3) is 66.8 Å². The van der Waals surface area contributed by atoms with Crippen LogP contribution in [-0.4, -0.2) is 61.3 Å². The molecule has 0 spiro atoms. The largest absolute Gasteiger partial charge is 0.457 e. The zero-order valence-electron chi connectivity index (χ0n) is 34.7. The Labute approximate surface area is 364 Å². The van der Waals surface area contributed by atoms with E-state index in [9.17, 15) is 0 Å². The summed E-state index contributed by atoms with van der Waals surface area (Å²) in [6, 6.07) is 54.6. The Hall–Kier alpha value is -8.37. The fraction of sp³-hybridized carbons (Fsp3) is 0.0755. The fourth-order valence-corrected chi connectivity index (χ4v) is 9.24. The molecule has 2 aliphatic heterocycles. The normalized spacial score (nSPS) is 14.1. The summed E-state index contributed by atoms with van der Waals surface area (Å²) < 4.78 is 11.0. The van der Waals surface area contributed by atoms with E-state index in [1.165, 1.54) is 10.8 Å². The third-order valence-corrected chi connectivity index (χ3v) is 12.0. The van der Waals surface area contributed by atoms with Crippen LogP contribution >= 0.6 is 0 Å². The number of rotatable bonds is 8. The summed E-state index contributed by atoms with van der Waals surface area (Å²) in [5.74, 6) is 3.23. The van der Waals surface area contributed by atoms with Gasteiger partial charge < -0.3 is 24.3 Å². The standard InChI is InChI=1S/C53H41N9O/c1-57-32-49(36-23-25-51(55-30-36)61-46-20-6-3-16-42(46)43-17-4-7-21-47(43)61)59(34-57)38-12-9-14-40(28-38)63-41-15-10-13-39(29-41)60-35-58(2)33-50(60)37-24-26-52(56-31-37)62-48-22-8-5-18-44(48)45-19-11-27-54-53(45)62/h3-33H,34-35H2,1-2H3. The van der Waals surface area contributed by atoms with Crippen LogP contribution in [0.2, 0.25) is 0 Å². The monoisotopic (exact) mass is 819 g/mol. The van der Waals surface area contributed by atoms with E-state index in [2.05, 4.69) is 189 Å². The molecule has 0 bridgehead atoms. The minimum absolute atomic E-state index is 0.693. The van der Waals surface area contributed by atoms with Crippen molar-refractivity contribution in [3.63, 3.8) is 0 Å². The Bertz CT molecular complexity index is 3100. The lowest BCUT2D eigenvalue weighted by atomic mass is 10.1. The first-order valence-electron chi connectivity index (χ1n) is 21.1. The smallest absolute Gasteiger partial charge is 0.146 e. The molecule has 0 saturated carbocycles. The Balaban J connectivity index is 0.791. The summed E-state index contributed by atoms with van der Waals surface area (Å²) in [5, 5.41) is 4.71. The van der Waals surface area contributed by atoms with Crippen molar-refractivity contribution in [2.24, 2.45) is 0 Å². The van der Waals surface area contributed by atoms with Gasteiger partial charge in [0.2, 0.25) is 0 Å². The van der Waals surface area contributed by atoms with E-state index in [1.54, 1.807) is 0 Å². The Morgan fingerprint density at radius 1 is 0.444 bits per heavy atom. The number of para-hydroxylation sites is 3. The van der Waals surface area contributed by atoms with Crippen molar-refractivity contribution in [3.05, 3.63) is 200 Å². The van der Waals surface area contributed by atoms with Crippen LogP contribution in [-0.2, 0) is 0 Å². The van der Waals surface area contributed by atoms with E-state index < -0.39 is 0 Å². The number of hydrogen-bond acceptors (Lipinski definition) is 8. The number of anilines is 2. The molecule has 63 heavy (non-hydrogen) atoms. The molecule has 0 amide bonds. The molecule has 0 unspecified atom stereocenters. The first-order valence-corrected chi connectivity index (χ1v) is 21.1. The number of hydrogen-bond donors (Lipinski definition) is 0. The second-order valence-electron chi connectivity index (χ2n) is 16.2. The number of nitrogens with zero attached hydrogens (tertiary/aromatic N) is 9. The predicted molar refractivity (Wildman–Crippen MR) is 254 cm³/mol. The number of benzene rings is 5.